The van der Waals surface area contributed by atoms with Crippen LogP contribution in [-0.2, 0) is 34.3 Å². The minimum Gasteiger partial charge on any atom is -0.360 e. The Labute approximate surface area is 207 Å². The molecule has 3 aromatic rings. The molecular formula is C23H24ClN5O3S2. The molecule has 0 bridgehead atoms. The summed E-state index contributed by atoms with van der Waals surface area (Å²) in [6, 6.07) is 10.5. The largest absolute Gasteiger partial charge is 0.360 e. The first-order valence-electron chi connectivity index (χ1n) is 11.0. The van der Waals surface area contributed by atoms with E-state index in [1.807, 2.05) is 25.1 Å². The van der Waals surface area contributed by atoms with Crippen molar-refractivity contribution in [3.8, 4) is 0 Å². The monoisotopic (exact) mass is 517 g/mol. The molecule has 2 aliphatic heterocycles. The van der Waals surface area contributed by atoms with E-state index < -0.39 is 10.0 Å². The average molecular weight is 518 g/mol. The van der Waals surface area contributed by atoms with E-state index in [0.717, 1.165) is 41.8 Å². The number of benzene rings is 2. The molecule has 3 heterocycles. The number of anilines is 2. The number of nitrogens with zero attached hydrogens (tertiary/aromatic N) is 4. The van der Waals surface area contributed by atoms with Crippen molar-refractivity contribution >= 4 is 49.7 Å². The number of sulfonamides is 1. The number of amides is 1. The smallest absolute Gasteiger partial charge is 0.263 e. The van der Waals surface area contributed by atoms with Gasteiger partial charge in [-0.3, -0.25) is 9.52 Å². The third-order valence-electron chi connectivity index (χ3n) is 6.29. The van der Waals surface area contributed by atoms with Gasteiger partial charge in [-0.05, 0) is 73.7 Å². The fraction of sp³-hybridized carbons (Fsp3) is 0.348. The molecule has 1 aromatic heterocycles. The number of aromatic nitrogens is 2. The molecule has 0 aliphatic carbocycles. The SMILES string of the molecule is Cc1nnc(NS(=O)(=O)c2ccc3c(c2)CN(C(=O)[C@H](C)N2CCCc4cc(Cl)ccc42)C3)s1. The normalized spacial score (nSPS) is 16.2. The summed E-state index contributed by atoms with van der Waals surface area (Å²) in [6.07, 6.45) is 1.91. The van der Waals surface area contributed by atoms with E-state index in [-0.39, 0.29) is 22.0 Å². The van der Waals surface area contributed by atoms with Crippen molar-refractivity contribution in [2.75, 3.05) is 16.2 Å². The van der Waals surface area contributed by atoms with Gasteiger partial charge >= 0.3 is 0 Å². The van der Waals surface area contributed by atoms with Crippen molar-refractivity contribution in [1.82, 2.24) is 15.1 Å². The molecule has 11 heteroatoms. The fourth-order valence-corrected chi connectivity index (χ4v) is 6.67. The van der Waals surface area contributed by atoms with Gasteiger partial charge in [-0.1, -0.05) is 29.0 Å². The predicted octanol–water partition coefficient (Wildman–Crippen LogP) is 3.98. The van der Waals surface area contributed by atoms with Crippen molar-refractivity contribution in [2.45, 2.75) is 50.7 Å². The molecule has 5 rings (SSSR count). The van der Waals surface area contributed by atoms with Gasteiger partial charge in [-0.25, -0.2) is 8.42 Å². The van der Waals surface area contributed by atoms with Crippen LogP contribution in [0, 0.1) is 6.92 Å². The summed E-state index contributed by atoms with van der Waals surface area (Å²) in [5.74, 6) is 0.0193. The Hall–Kier alpha value is -2.69. The summed E-state index contributed by atoms with van der Waals surface area (Å²) in [5, 5.41) is 9.28. The Morgan fingerprint density at radius 3 is 2.68 bits per heavy atom. The molecule has 2 aromatic carbocycles. The van der Waals surface area contributed by atoms with Crippen molar-refractivity contribution < 1.29 is 13.2 Å². The number of fused-ring (bicyclic) bond motifs is 2. The zero-order chi connectivity index (χ0) is 24.0. The summed E-state index contributed by atoms with van der Waals surface area (Å²) in [7, 11) is -3.79. The van der Waals surface area contributed by atoms with E-state index >= 15 is 0 Å². The van der Waals surface area contributed by atoms with Crippen molar-refractivity contribution in [2.24, 2.45) is 0 Å². The highest BCUT2D eigenvalue weighted by atomic mass is 35.5. The Bertz CT molecular complexity index is 1370. The number of carbonyl (C=O) groups excluding carboxylic acids is 1. The molecule has 34 heavy (non-hydrogen) atoms. The number of carbonyl (C=O) groups is 1. The highest BCUT2D eigenvalue weighted by Gasteiger charge is 2.33. The van der Waals surface area contributed by atoms with E-state index in [1.54, 1.807) is 30.0 Å². The molecule has 1 N–H and O–H groups in total. The Balaban J connectivity index is 1.32. The average Bonchev–Trinajstić information content (AvgIpc) is 3.42. The molecule has 178 valence electrons. The van der Waals surface area contributed by atoms with Crippen LogP contribution in [0.15, 0.2) is 41.3 Å². The van der Waals surface area contributed by atoms with Gasteiger partial charge in [0.15, 0.2) is 0 Å². The molecule has 0 saturated carbocycles. The van der Waals surface area contributed by atoms with Gasteiger partial charge in [-0.15, -0.1) is 10.2 Å². The van der Waals surface area contributed by atoms with Crippen LogP contribution < -0.4 is 9.62 Å². The van der Waals surface area contributed by atoms with Gasteiger partial charge in [-0.2, -0.15) is 0 Å². The summed E-state index contributed by atoms with van der Waals surface area (Å²) in [6.45, 7) is 5.33. The zero-order valence-electron chi connectivity index (χ0n) is 18.8. The van der Waals surface area contributed by atoms with Crippen LogP contribution in [0.5, 0.6) is 0 Å². The lowest BCUT2D eigenvalue weighted by atomic mass is 10.00. The van der Waals surface area contributed by atoms with Crippen molar-refractivity contribution in [3.05, 3.63) is 63.1 Å². The van der Waals surface area contributed by atoms with Crippen LogP contribution in [0.2, 0.25) is 5.02 Å². The molecular weight excluding hydrogens is 494 g/mol. The summed E-state index contributed by atoms with van der Waals surface area (Å²) in [4.78, 5) is 17.5. The first-order chi connectivity index (χ1) is 16.2. The van der Waals surface area contributed by atoms with Crippen LogP contribution >= 0.6 is 22.9 Å². The molecule has 8 nitrogen and oxygen atoms in total. The predicted molar refractivity (Wildman–Crippen MR) is 133 cm³/mol. The van der Waals surface area contributed by atoms with Crippen molar-refractivity contribution in [1.29, 1.82) is 0 Å². The second-order valence-electron chi connectivity index (χ2n) is 8.60. The zero-order valence-corrected chi connectivity index (χ0v) is 21.2. The van der Waals surface area contributed by atoms with Gasteiger partial charge in [0.25, 0.3) is 10.0 Å². The van der Waals surface area contributed by atoms with E-state index in [1.165, 1.54) is 11.3 Å². The van der Waals surface area contributed by atoms with Crippen molar-refractivity contribution in [3.63, 3.8) is 0 Å². The Kier molecular flexibility index (Phi) is 5.99. The minimum absolute atomic E-state index is 0.0193. The van der Waals surface area contributed by atoms with E-state index in [0.29, 0.717) is 23.1 Å². The van der Waals surface area contributed by atoms with Crippen LogP contribution in [0.1, 0.15) is 35.0 Å². The number of nitrogens with one attached hydrogen (secondary N) is 1. The molecule has 0 radical (unpaired) electrons. The Morgan fingerprint density at radius 2 is 1.91 bits per heavy atom. The molecule has 0 spiro atoms. The lowest BCUT2D eigenvalue weighted by molar-refractivity contribution is -0.132. The summed E-state index contributed by atoms with van der Waals surface area (Å²) in [5.41, 5.74) is 4.01. The van der Waals surface area contributed by atoms with E-state index in [2.05, 4.69) is 19.8 Å². The first-order valence-corrected chi connectivity index (χ1v) is 13.7. The van der Waals surface area contributed by atoms with E-state index in [4.69, 9.17) is 11.6 Å². The maximum Gasteiger partial charge on any atom is 0.263 e. The van der Waals surface area contributed by atoms with Crippen LogP contribution in [0.3, 0.4) is 0 Å². The first kappa shape index (κ1) is 23.1. The maximum atomic E-state index is 13.4. The number of hydrogen-bond acceptors (Lipinski definition) is 7. The molecule has 0 unspecified atom stereocenters. The lowest BCUT2D eigenvalue weighted by Gasteiger charge is -2.37. The van der Waals surface area contributed by atoms with Gasteiger partial charge in [0, 0.05) is 30.3 Å². The molecule has 2 aliphatic rings. The quantitative estimate of drug-likeness (QED) is 0.550. The van der Waals surface area contributed by atoms with Gasteiger partial charge < -0.3 is 9.80 Å². The molecule has 0 fully saturated rings. The second kappa shape index (κ2) is 8.83. The topological polar surface area (TPSA) is 95.5 Å². The molecule has 1 amide bonds. The third-order valence-corrected chi connectivity index (χ3v) is 8.75. The van der Waals surface area contributed by atoms with E-state index in [9.17, 15) is 13.2 Å². The summed E-state index contributed by atoms with van der Waals surface area (Å²) >= 11 is 7.34. The number of aryl methyl sites for hydroxylation is 2. The number of halogens is 1. The van der Waals surface area contributed by atoms with Gasteiger partial charge in [0.2, 0.25) is 11.0 Å². The van der Waals surface area contributed by atoms with Gasteiger partial charge in [0.05, 0.1) is 4.90 Å². The minimum atomic E-state index is -3.79. The fourth-order valence-electron chi connectivity index (χ4n) is 4.60. The number of rotatable bonds is 5. The van der Waals surface area contributed by atoms with Crippen LogP contribution in [0.25, 0.3) is 0 Å². The molecule has 1 atom stereocenters. The number of hydrogen-bond donors (Lipinski definition) is 1. The highest BCUT2D eigenvalue weighted by Crippen LogP contribution is 2.33. The lowest BCUT2D eigenvalue weighted by Crippen LogP contribution is -2.47. The summed E-state index contributed by atoms with van der Waals surface area (Å²) < 4.78 is 28.1. The van der Waals surface area contributed by atoms with Crippen LogP contribution in [0.4, 0.5) is 10.8 Å². The third kappa shape index (κ3) is 4.37. The standard InChI is InChI=1S/C23H24ClN5O3S2/c1-14(29-9-3-4-16-10-19(24)6-8-21(16)29)22(30)28-12-17-5-7-20(11-18(17)13-28)34(31,32)27-23-26-25-15(2)33-23/h5-8,10-11,14H,3-4,9,12-13H2,1-2H3,(H,26,27)/t14-/m0/s1. The second-order valence-corrected chi connectivity index (χ2v) is 11.9. The Morgan fingerprint density at radius 1 is 1.12 bits per heavy atom. The highest BCUT2D eigenvalue weighted by molar-refractivity contribution is 7.93. The maximum absolute atomic E-state index is 13.4. The van der Waals surface area contributed by atoms with Crippen LogP contribution in [-0.4, -0.2) is 42.0 Å². The molecule has 0 saturated heterocycles. The van der Waals surface area contributed by atoms with Gasteiger partial charge in [0.1, 0.15) is 11.0 Å².